The second-order valence-electron chi connectivity index (χ2n) is 4.44. The van der Waals surface area contributed by atoms with Gasteiger partial charge in [-0.05, 0) is 37.0 Å². The third-order valence-corrected chi connectivity index (χ3v) is 2.99. The number of aliphatic hydroxyl groups excluding tert-OH is 1. The van der Waals surface area contributed by atoms with E-state index in [2.05, 4.69) is 12.2 Å². The second kappa shape index (κ2) is 8.70. The summed E-state index contributed by atoms with van der Waals surface area (Å²) in [6, 6.07) is 7.74. The van der Waals surface area contributed by atoms with Crippen molar-refractivity contribution in [3.63, 3.8) is 0 Å². The molecule has 3 heteroatoms. The zero-order valence-corrected chi connectivity index (χ0v) is 11.1. The van der Waals surface area contributed by atoms with E-state index in [1.165, 1.54) is 5.56 Å². The number of nitrogens with one attached hydrogen (secondary N) is 1. The smallest absolute Gasteiger partial charge is 0.251 e. The van der Waals surface area contributed by atoms with Crippen molar-refractivity contribution in [1.29, 1.82) is 0 Å². The summed E-state index contributed by atoms with van der Waals surface area (Å²) in [5.41, 5.74) is 1.97. The standard InChI is InChI=1S/C15H23NO2/c1-2-13-7-9-14(10-8-13)15(18)16-11-5-3-4-6-12-17/h7-10,17H,2-6,11-12H2,1H3,(H,16,18). The monoisotopic (exact) mass is 249 g/mol. The fraction of sp³-hybridized carbons (Fsp3) is 0.533. The van der Waals surface area contributed by atoms with Crippen molar-refractivity contribution >= 4 is 5.91 Å². The van der Waals surface area contributed by atoms with Crippen LogP contribution in [0.3, 0.4) is 0 Å². The first-order valence-corrected chi connectivity index (χ1v) is 6.76. The Balaban J connectivity index is 2.23. The van der Waals surface area contributed by atoms with Crippen LogP contribution in [0.4, 0.5) is 0 Å². The minimum absolute atomic E-state index is 0.000175. The summed E-state index contributed by atoms with van der Waals surface area (Å²) in [4.78, 5) is 11.8. The highest BCUT2D eigenvalue weighted by atomic mass is 16.2. The van der Waals surface area contributed by atoms with Gasteiger partial charge in [0.1, 0.15) is 0 Å². The first-order valence-electron chi connectivity index (χ1n) is 6.76. The SMILES string of the molecule is CCc1ccc(C(=O)NCCCCCCO)cc1. The molecule has 0 aliphatic rings. The van der Waals surface area contributed by atoms with Crippen LogP contribution in [0.15, 0.2) is 24.3 Å². The molecule has 0 heterocycles. The van der Waals surface area contributed by atoms with Gasteiger partial charge >= 0.3 is 0 Å². The van der Waals surface area contributed by atoms with Crippen LogP contribution in [0.5, 0.6) is 0 Å². The van der Waals surface area contributed by atoms with E-state index < -0.39 is 0 Å². The predicted molar refractivity (Wildman–Crippen MR) is 73.7 cm³/mol. The summed E-state index contributed by atoms with van der Waals surface area (Å²) < 4.78 is 0. The van der Waals surface area contributed by atoms with E-state index in [1.807, 2.05) is 24.3 Å². The van der Waals surface area contributed by atoms with Gasteiger partial charge in [0.25, 0.3) is 5.91 Å². The minimum atomic E-state index is -0.000175. The molecule has 3 nitrogen and oxygen atoms in total. The molecule has 0 radical (unpaired) electrons. The molecule has 18 heavy (non-hydrogen) atoms. The third kappa shape index (κ3) is 5.32. The van der Waals surface area contributed by atoms with Gasteiger partial charge in [0, 0.05) is 18.7 Å². The Morgan fingerprint density at radius 1 is 1.11 bits per heavy atom. The van der Waals surface area contributed by atoms with Crippen molar-refractivity contribution in [2.24, 2.45) is 0 Å². The maximum atomic E-state index is 11.8. The average Bonchev–Trinajstić information content (AvgIpc) is 2.42. The van der Waals surface area contributed by atoms with Crippen molar-refractivity contribution < 1.29 is 9.90 Å². The molecule has 0 bridgehead atoms. The first kappa shape index (κ1) is 14.7. The van der Waals surface area contributed by atoms with Crippen LogP contribution in [0.25, 0.3) is 0 Å². The summed E-state index contributed by atoms with van der Waals surface area (Å²) in [5.74, 6) is -0.000175. The topological polar surface area (TPSA) is 49.3 Å². The lowest BCUT2D eigenvalue weighted by Crippen LogP contribution is -2.24. The van der Waals surface area contributed by atoms with Gasteiger partial charge in [0.15, 0.2) is 0 Å². The Bertz CT molecular complexity index is 346. The van der Waals surface area contributed by atoms with E-state index in [9.17, 15) is 4.79 Å². The maximum Gasteiger partial charge on any atom is 0.251 e. The predicted octanol–water partition coefficient (Wildman–Crippen LogP) is 2.53. The summed E-state index contributed by atoms with van der Waals surface area (Å²) in [6.45, 7) is 3.07. The van der Waals surface area contributed by atoms with Gasteiger partial charge in [0.05, 0.1) is 0 Å². The molecule has 100 valence electrons. The number of rotatable bonds is 8. The first-order chi connectivity index (χ1) is 8.77. The second-order valence-corrected chi connectivity index (χ2v) is 4.44. The summed E-state index contributed by atoms with van der Waals surface area (Å²) >= 11 is 0. The van der Waals surface area contributed by atoms with Gasteiger partial charge in [-0.25, -0.2) is 0 Å². The van der Waals surface area contributed by atoms with Crippen LogP contribution < -0.4 is 5.32 Å². The van der Waals surface area contributed by atoms with E-state index in [0.717, 1.165) is 37.7 Å². The van der Waals surface area contributed by atoms with Crippen LogP contribution >= 0.6 is 0 Å². The van der Waals surface area contributed by atoms with E-state index in [4.69, 9.17) is 5.11 Å². The molecule has 0 aliphatic carbocycles. The quantitative estimate of drug-likeness (QED) is 0.696. The molecule has 0 saturated heterocycles. The van der Waals surface area contributed by atoms with Crippen LogP contribution in [0, 0.1) is 0 Å². The minimum Gasteiger partial charge on any atom is -0.396 e. The molecule has 2 N–H and O–H groups in total. The Morgan fingerprint density at radius 3 is 2.39 bits per heavy atom. The van der Waals surface area contributed by atoms with E-state index >= 15 is 0 Å². The van der Waals surface area contributed by atoms with E-state index in [1.54, 1.807) is 0 Å². The summed E-state index contributed by atoms with van der Waals surface area (Å²) in [6.07, 6.45) is 4.89. The molecule has 0 aromatic heterocycles. The molecular formula is C15H23NO2. The van der Waals surface area contributed by atoms with Crippen molar-refractivity contribution in [3.05, 3.63) is 35.4 Å². The number of hydrogen-bond acceptors (Lipinski definition) is 2. The average molecular weight is 249 g/mol. The zero-order chi connectivity index (χ0) is 13.2. The molecule has 1 amide bonds. The fourth-order valence-electron chi connectivity index (χ4n) is 1.79. The number of benzene rings is 1. The number of aryl methyl sites for hydroxylation is 1. The molecule has 0 aliphatic heterocycles. The maximum absolute atomic E-state index is 11.8. The van der Waals surface area contributed by atoms with Crippen LogP contribution in [-0.2, 0) is 6.42 Å². The number of carbonyl (C=O) groups excluding carboxylic acids is 1. The molecule has 0 spiro atoms. The lowest BCUT2D eigenvalue weighted by molar-refractivity contribution is 0.0953. The van der Waals surface area contributed by atoms with Gasteiger partial charge < -0.3 is 10.4 Å². The van der Waals surface area contributed by atoms with Crippen molar-refractivity contribution in [1.82, 2.24) is 5.32 Å². The van der Waals surface area contributed by atoms with Crippen molar-refractivity contribution in [2.45, 2.75) is 39.0 Å². The Labute approximate surface area is 109 Å². The lowest BCUT2D eigenvalue weighted by Gasteiger charge is -2.05. The van der Waals surface area contributed by atoms with Crippen LogP contribution in [-0.4, -0.2) is 24.2 Å². The zero-order valence-electron chi connectivity index (χ0n) is 11.1. The van der Waals surface area contributed by atoms with Gasteiger partial charge in [0.2, 0.25) is 0 Å². The van der Waals surface area contributed by atoms with Gasteiger partial charge in [-0.3, -0.25) is 4.79 Å². The van der Waals surface area contributed by atoms with Gasteiger partial charge in [-0.15, -0.1) is 0 Å². The molecule has 1 aromatic rings. The van der Waals surface area contributed by atoms with E-state index in [0.29, 0.717) is 6.54 Å². The Kier molecular flexibility index (Phi) is 7.11. The largest absolute Gasteiger partial charge is 0.396 e. The number of carbonyl (C=O) groups is 1. The highest BCUT2D eigenvalue weighted by molar-refractivity contribution is 5.94. The summed E-state index contributed by atoms with van der Waals surface area (Å²) in [7, 11) is 0. The van der Waals surface area contributed by atoms with Crippen molar-refractivity contribution in [3.8, 4) is 0 Å². The van der Waals surface area contributed by atoms with Crippen molar-refractivity contribution in [2.75, 3.05) is 13.2 Å². The number of aliphatic hydroxyl groups is 1. The van der Waals surface area contributed by atoms with E-state index in [-0.39, 0.29) is 12.5 Å². The number of unbranched alkanes of at least 4 members (excludes halogenated alkanes) is 3. The van der Waals surface area contributed by atoms with Gasteiger partial charge in [-0.2, -0.15) is 0 Å². The van der Waals surface area contributed by atoms with Crippen LogP contribution in [0.2, 0.25) is 0 Å². The molecule has 0 unspecified atom stereocenters. The molecular weight excluding hydrogens is 226 g/mol. The molecule has 0 atom stereocenters. The normalized spacial score (nSPS) is 10.3. The molecule has 0 fully saturated rings. The molecule has 1 rings (SSSR count). The number of amides is 1. The highest BCUT2D eigenvalue weighted by Crippen LogP contribution is 2.05. The summed E-state index contributed by atoms with van der Waals surface area (Å²) in [5, 5.41) is 11.5. The number of hydrogen-bond donors (Lipinski definition) is 2. The molecule has 0 saturated carbocycles. The fourth-order valence-corrected chi connectivity index (χ4v) is 1.79. The van der Waals surface area contributed by atoms with Gasteiger partial charge in [-0.1, -0.05) is 31.9 Å². The highest BCUT2D eigenvalue weighted by Gasteiger charge is 2.03. The third-order valence-electron chi connectivity index (χ3n) is 2.99. The Hall–Kier alpha value is -1.35. The Morgan fingerprint density at radius 2 is 1.78 bits per heavy atom. The lowest BCUT2D eigenvalue weighted by atomic mass is 10.1. The van der Waals surface area contributed by atoms with Crippen LogP contribution in [0.1, 0.15) is 48.5 Å². The molecule has 1 aromatic carbocycles.